The van der Waals surface area contributed by atoms with Crippen LogP contribution < -0.4 is 10.3 Å². The molecule has 8 heteroatoms. The zero-order valence-corrected chi connectivity index (χ0v) is 19.1. The highest BCUT2D eigenvalue weighted by Crippen LogP contribution is 2.27. The number of hydrogen-bond donors (Lipinski definition) is 0. The van der Waals surface area contributed by atoms with Gasteiger partial charge in [0.2, 0.25) is 0 Å². The van der Waals surface area contributed by atoms with E-state index in [-0.39, 0.29) is 12.2 Å². The number of thiazole rings is 1. The lowest BCUT2D eigenvalue weighted by atomic mass is 10.1. The molecule has 0 amide bonds. The Labute approximate surface area is 194 Å². The minimum Gasteiger partial charge on any atom is -0.497 e. The number of fused-ring (bicyclic) bond motifs is 2. The Bertz CT molecular complexity index is 1390. The van der Waals surface area contributed by atoms with Crippen molar-refractivity contribution in [2.24, 2.45) is 0 Å². The minimum atomic E-state index is -0.468. The second kappa shape index (κ2) is 9.15. The van der Waals surface area contributed by atoms with E-state index in [1.54, 1.807) is 29.9 Å². The number of carbonyl (C=O) groups excluding carboxylic acids is 1. The molecule has 0 bridgehead atoms. The largest absolute Gasteiger partial charge is 0.497 e. The van der Waals surface area contributed by atoms with Gasteiger partial charge in [-0.2, -0.15) is 0 Å². The molecule has 0 fully saturated rings. The maximum absolute atomic E-state index is 12.9. The van der Waals surface area contributed by atoms with Crippen LogP contribution in [-0.4, -0.2) is 27.6 Å². The van der Waals surface area contributed by atoms with E-state index in [0.29, 0.717) is 28.7 Å². The predicted octanol–water partition coefficient (Wildman–Crippen LogP) is 4.61. The average molecular weight is 462 g/mol. The Morgan fingerprint density at radius 1 is 1.12 bits per heavy atom. The Balaban J connectivity index is 1.32. The molecule has 33 heavy (non-hydrogen) atoms. The summed E-state index contributed by atoms with van der Waals surface area (Å²) in [6.07, 6.45) is 3.87. The van der Waals surface area contributed by atoms with Gasteiger partial charge in [0, 0.05) is 23.9 Å². The Morgan fingerprint density at radius 2 is 2.03 bits per heavy atom. The first-order valence-electron chi connectivity index (χ1n) is 10.9. The van der Waals surface area contributed by atoms with Crippen LogP contribution in [0.1, 0.15) is 41.1 Å². The van der Waals surface area contributed by atoms with Crippen LogP contribution in [0.25, 0.3) is 21.5 Å². The molecule has 0 unspecified atom stereocenters. The molecule has 0 saturated carbocycles. The molecular formula is C25H23N3O4S. The average Bonchev–Trinajstić information content (AvgIpc) is 3.20. The topological polar surface area (TPSA) is 83.3 Å². The fourth-order valence-corrected chi connectivity index (χ4v) is 4.83. The lowest BCUT2D eigenvalue weighted by molar-refractivity contribution is 0.0468. The van der Waals surface area contributed by atoms with Crippen molar-refractivity contribution < 1.29 is 14.3 Å². The van der Waals surface area contributed by atoms with Crippen molar-refractivity contribution in [2.75, 3.05) is 7.11 Å². The van der Waals surface area contributed by atoms with E-state index in [0.717, 1.165) is 47.8 Å². The molecule has 3 heterocycles. The van der Waals surface area contributed by atoms with E-state index in [9.17, 15) is 9.59 Å². The van der Waals surface area contributed by atoms with Gasteiger partial charge in [-0.25, -0.2) is 14.8 Å². The molecule has 5 rings (SSSR count). The summed E-state index contributed by atoms with van der Waals surface area (Å²) < 4.78 is 12.5. The summed E-state index contributed by atoms with van der Waals surface area (Å²) in [5.41, 5.74) is 2.49. The van der Waals surface area contributed by atoms with Crippen molar-refractivity contribution in [3.05, 3.63) is 75.3 Å². The highest BCUT2D eigenvalue weighted by atomic mass is 32.1. The first-order chi connectivity index (χ1) is 16.1. The van der Waals surface area contributed by atoms with Crippen molar-refractivity contribution in [2.45, 2.75) is 38.8 Å². The van der Waals surface area contributed by atoms with E-state index < -0.39 is 5.97 Å². The van der Waals surface area contributed by atoms with E-state index >= 15 is 0 Å². The third kappa shape index (κ3) is 4.39. The molecule has 0 aliphatic carbocycles. The summed E-state index contributed by atoms with van der Waals surface area (Å²) in [4.78, 5) is 34.8. The number of hydrogen-bond acceptors (Lipinski definition) is 7. The number of esters is 1. The molecule has 7 nitrogen and oxygen atoms in total. The molecule has 0 radical (unpaired) electrons. The summed E-state index contributed by atoms with van der Waals surface area (Å²) in [6.45, 7) is 0.768. The molecule has 0 atom stereocenters. The number of nitrogens with zero attached hydrogens (tertiary/aromatic N) is 3. The van der Waals surface area contributed by atoms with Gasteiger partial charge in [0.25, 0.3) is 5.56 Å². The number of rotatable bonds is 5. The van der Waals surface area contributed by atoms with Crippen LogP contribution in [0.2, 0.25) is 0 Å². The minimum absolute atomic E-state index is 0.0376. The van der Waals surface area contributed by atoms with Crippen LogP contribution in [0.15, 0.2) is 52.6 Å². The second-order valence-corrected chi connectivity index (χ2v) is 8.84. The van der Waals surface area contributed by atoms with Crippen LogP contribution in [-0.2, 0) is 24.3 Å². The van der Waals surface area contributed by atoms with Crippen molar-refractivity contribution in [3.63, 3.8) is 0 Å². The number of benzene rings is 2. The zero-order chi connectivity index (χ0) is 22.8. The fourth-order valence-electron chi connectivity index (χ4n) is 4.03. The number of aromatic nitrogens is 3. The van der Waals surface area contributed by atoms with E-state index in [1.165, 1.54) is 11.3 Å². The van der Waals surface area contributed by atoms with Crippen LogP contribution in [0, 0.1) is 0 Å². The summed E-state index contributed by atoms with van der Waals surface area (Å²) >= 11 is 1.48. The number of aryl methyl sites for hydroxylation is 1. The number of carbonyl (C=O) groups is 1. The summed E-state index contributed by atoms with van der Waals surface area (Å²) in [7, 11) is 1.63. The second-order valence-electron chi connectivity index (χ2n) is 7.98. The van der Waals surface area contributed by atoms with Gasteiger partial charge in [0.15, 0.2) is 0 Å². The van der Waals surface area contributed by atoms with Gasteiger partial charge in [0.1, 0.15) is 23.2 Å². The Kier molecular flexibility index (Phi) is 5.92. The zero-order valence-electron chi connectivity index (χ0n) is 18.2. The standard InChI is InChI=1S/C25H23N3O4S/c1-31-19-7-5-6-16(12-19)23-26-18(15-33-23)14-32-25(30)17-9-10-20-21(13-17)27-22-8-3-2-4-11-28(22)24(20)29/h5-7,9-10,12-13,15H,2-4,8,11,14H2,1H3. The monoisotopic (exact) mass is 461 g/mol. The van der Waals surface area contributed by atoms with Crippen molar-refractivity contribution in [1.82, 2.24) is 14.5 Å². The summed E-state index contributed by atoms with van der Waals surface area (Å²) in [6, 6.07) is 12.6. The normalized spacial score (nSPS) is 13.4. The molecule has 1 aliphatic rings. The van der Waals surface area contributed by atoms with Crippen molar-refractivity contribution in [3.8, 4) is 16.3 Å². The van der Waals surface area contributed by atoms with Crippen molar-refractivity contribution in [1.29, 1.82) is 0 Å². The highest BCUT2D eigenvalue weighted by Gasteiger charge is 2.16. The SMILES string of the molecule is COc1cccc(-c2nc(COC(=O)c3ccc4c(=O)n5c(nc4c3)CCCCC5)cs2)c1. The molecule has 4 aromatic rings. The van der Waals surface area contributed by atoms with Gasteiger partial charge in [-0.15, -0.1) is 11.3 Å². The lowest BCUT2D eigenvalue weighted by Crippen LogP contribution is -2.24. The van der Waals surface area contributed by atoms with Gasteiger partial charge in [-0.1, -0.05) is 18.6 Å². The molecule has 0 saturated heterocycles. The van der Waals surface area contributed by atoms with Crippen LogP contribution in [0.3, 0.4) is 0 Å². The first-order valence-corrected chi connectivity index (χ1v) is 11.8. The molecule has 2 aromatic carbocycles. The third-order valence-corrected chi connectivity index (χ3v) is 6.71. The number of ether oxygens (including phenoxy) is 2. The molecule has 1 aliphatic heterocycles. The summed E-state index contributed by atoms with van der Waals surface area (Å²) in [5.74, 6) is 1.09. The van der Waals surface area contributed by atoms with Gasteiger partial charge < -0.3 is 9.47 Å². The summed E-state index contributed by atoms with van der Waals surface area (Å²) in [5, 5.41) is 3.23. The molecule has 168 valence electrons. The van der Waals surface area contributed by atoms with Gasteiger partial charge >= 0.3 is 5.97 Å². The number of methoxy groups -OCH3 is 1. The smallest absolute Gasteiger partial charge is 0.338 e. The quantitative estimate of drug-likeness (QED) is 0.404. The predicted molar refractivity (Wildman–Crippen MR) is 127 cm³/mol. The molecule has 0 N–H and O–H groups in total. The molecule has 0 spiro atoms. The van der Waals surface area contributed by atoms with Gasteiger partial charge in [-0.3, -0.25) is 9.36 Å². The van der Waals surface area contributed by atoms with E-state index in [4.69, 9.17) is 9.47 Å². The maximum atomic E-state index is 12.9. The molecular weight excluding hydrogens is 438 g/mol. The van der Waals surface area contributed by atoms with E-state index in [1.807, 2.05) is 29.6 Å². The lowest BCUT2D eigenvalue weighted by Gasteiger charge is -2.10. The Hall–Kier alpha value is -3.52. The van der Waals surface area contributed by atoms with Crippen molar-refractivity contribution >= 4 is 28.2 Å². The first kappa shape index (κ1) is 21.3. The third-order valence-electron chi connectivity index (χ3n) is 5.77. The van der Waals surface area contributed by atoms with Crippen LogP contribution in [0.5, 0.6) is 5.75 Å². The van der Waals surface area contributed by atoms with E-state index in [2.05, 4.69) is 9.97 Å². The van der Waals surface area contributed by atoms with Gasteiger partial charge in [0.05, 0.1) is 29.3 Å². The van der Waals surface area contributed by atoms with Crippen LogP contribution in [0.4, 0.5) is 0 Å². The van der Waals surface area contributed by atoms with Gasteiger partial charge in [-0.05, 0) is 43.2 Å². The Morgan fingerprint density at radius 3 is 2.91 bits per heavy atom. The fraction of sp³-hybridized carbons (Fsp3) is 0.280. The molecule has 2 aromatic heterocycles. The van der Waals surface area contributed by atoms with Crippen LogP contribution >= 0.6 is 11.3 Å². The maximum Gasteiger partial charge on any atom is 0.338 e. The highest BCUT2D eigenvalue weighted by molar-refractivity contribution is 7.13.